The summed E-state index contributed by atoms with van der Waals surface area (Å²) < 4.78 is 17.0. The largest absolute Gasteiger partial charge is 0.489 e. The van der Waals surface area contributed by atoms with Crippen LogP contribution in [-0.2, 0) is 16.0 Å². The number of ether oxygens (including phenoxy) is 2. The second kappa shape index (κ2) is 9.51. The van der Waals surface area contributed by atoms with Gasteiger partial charge in [0.1, 0.15) is 18.4 Å². The summed E-state index contributed by atoms with van der Waals surface area (Å²) in [7, 11) is 1.69. The molecule has 0 saturated carbocycles. The van der Waals surface area contributed by atoms with Crippen LogP contribution in [0.2, 0.25) is 0 Å². The van der Waals surface area contributed by atoms with Crippen LogP contribution in [0.3, 0.4) is 0 Å². The van der Waals surface area contributed by atoms with Gasteiger partial charge in [-0.25, -0.2) is 0 Å². The van der Waals surface area contributed by atoms with E-state index in [9.17, 15) is 9.59 Å². The van der Waals surface area contributed by atoms with Crippen LogP contribution in [0.5, 0.6) is 5.75 Å². The van der Waals surface area contributed by atoms with E-state index in [1.807, 2.05) is 48.5 Å². The maximum Gasteiger partial charge on any atom is 0.309 e. The van der Waals surface area contributed by atoms with Gasteiger partial charge in [-0.2, -0.15) is 0 Å². The van der Waals surface area contributed by atoms with E-state index < -0.39 is 11.9 Å². The van der Waals surface area contributed by atoms with E-state index in [0.29, 0.717) is 29.2 Å². The number of nitrogens with one attached hydrogen (secondary N) is 1. The molecule has 37 heavy (non-hydrogen) atoms. The van der Waals surface area contributed by atoms with E-state index in [4.69, 9.17) is 13.9 Å². The number of anilines is 2. The van der Waals surface area contributed by atoms with Crippen molar-refractivity contribution in [1.29, 1.82) is 0 Å². The van der Waals surface area contributed by atoms with Gasteiger partial charge in [0.2, 0.25) is 5.89 Å². The molecule has 3 aromatic rings. The lowest BCUT2D eigenvalue weighted by Gasteiger charge is -2.53. The molecule has 2 amide bonds. The number of rotatable bonds is 5. The Bertz CT molecular complexity index is 1300. The van der Waals surface area contributed by atoms with E-state index in [2.05, 4.69) is 20.4 Å². The van der Waals surface area contributed by atoms with Crippen LogP contribution in [0.15, 0.2) is 52.9 Å². The fraction of sp³-hybridized carbons (Fsp3) is 0.407. The second-order valence-corrected chi connectivity index (χ2v) is 10.0. The van der Waals surface area contributed by atoms with Crippen molar-refractivity contribution in [3.63, 3.8) is 0 Å². The quantitative estimate of drug-likeness (QED) is 0.565. The fourth-order valence-electron chi connectivity index (χ4n) is 5.26. The second-order valence-electron chi connectivity index (χ2n) is 10.0. The maximum atomic E-state index is 13.3. The molecule has 192 valence electrons. The molecule has 0 radical (unpaired) electrons. The highest BCUT2D eigenvalue weighted by Crippen LogP contribution is 2.44. The number of likely N-dealkylation sites (N-methyl/N-ethyl adjacent to an activating group) is 1. The van der Waals surface area contributed by atoms with Gasteiger partial charge in [0, 0.05) is 44.5 Å². The summed E-state index contributed by atoms with van der Waals surface area (Å²) >= 11 is 0. The van der Waals surface area contributed by atoms with E-state index in [-0.39, 0.29) is 18.4 Å². The first-order valence-corrected chi connectivity index (χ1v) is 12.5. The average molecular weight is 504 g/mol. The molecule has 1 aromatic heterocycles. The molecular weight excluding hydrogens is 474 g/mol. The van der Waals surface area contributed by atoms with Crippen molar-refractivity contribution in [3.05, 3.63) is 65.9 Å². The highest BCUT2D eigenvalue weighted by molar-refractivity contribution is 6.02. The van der Waals surface area contributed by atoms with Gasteiger partial charge in [-0.15, -0.1) is 10.2 Å². The molecule has 1 N–H and O–H groups in total. The average Bonchev–Trinajstić information content (AvgIpc) is 3.34. The molecule has 2 saturated heterocycles. The van der Waals surface area contributed by atoms with Gasteiger partial charge in [0.15, 0.2) is 0 Å². The number of carbonyl (C=O) groups is 2. The summed E-state index contributed by atoms with van der Waals surface area (Å²) in [5, 5.41) is 10.5. The molecule has 4 heterocycles. The number of nitrogens with zero attached hydrogens (tertiary/aromatic N) is 4. The Kier molecular flexibility index (Phi) is 6.03. The molecule has 1 atom stereocenters. The molecular formula is C27H29N5O5. The predicted octanol–water partition coefficient (Wildman–Crippen LogP) is 2.43. The van der Waals surface area contributed by atoms with Crippen molar-refractivity contribution >= 4 is 23.2 Å². The number of carbonyl (C=O) groups excluding carboxylic acids is 2. The number of fused-ring (bicyclic) bond motifs is 1. The first kappa shape index (κ1) is 23.5. The Hall–Kier alpha value is -3.92. The monoisotopic (exact) mass is 503 g/mol. The van der Waals surface area contributed by atoms with Gasteiger partial charge in [-0.05, 0) is 36.6 Å². The number of benzene rings is 2. The van der Waals surface area contributed by atoms with Crippen LogP contribution >= 0.6 is 0 Å². The third-order valence-corrected chi connectivity index (χ3v) is 7.47. The lowest BCUT2D eigenvalue weighted by atomic mass is 9.73. The molecule has 3 aliphatic heterocycles. The summed E-state index contributed by atoms with van der Waals surface area (Å²) in [4.78, 5) is 29.9. The molecule has 1 spiro atoms. The summed E-state index contributed by atoms with van der Waals surface area (Å²) in [6.07, 6.45) is 2.59. The third-order valence-electron chi connectivity index (χ3n) is 7.47. The molecule has 0 aliphatic carbocycles. The minimum Gasteiger partial charge on any atom is -0.489 e. The van der Waals surface area contributed by atoms with Gasteiger partial charge in [-0.3, -0.25) is 9.59 Å². The molecule has 6 rings (SSSR count). The van der Waals surface area contributed by atoms with Crippen molar-refractivity contribution in [1.82, 2.24) is 15.5 Å². The molecule has 10 nitrogen and oxygen atoms in total. The first-order chi connectivity index (χ1) is 18.0. The van der Waals surface area contributed by atoms with Crippen LogP contribution < -0.4 is 19.9 Å². The van der Waals surface area contributed by atoms with Crippen molar-refractivity contribution in [2.45, 2.75) is 25.3 Å². The fourth-order valence-corrected chi connectivity index (χ4v) is 5.26. The topological polar surface area (TPSA) is 110 Å². The van der Waals surface area contributed by atoms with Gasteiger partial charge < -0.3 is 29.0 Å². The standard InChI is InChI=1S/C27H29N5O5/c1-31-21-14-19(32-16-27(17-32)9-11-35-12-10-27)7-8-22(21)36-15-20(26(31)34)28-24(33)25-30-29-23(37-25)13-18-5-3-2-4-6-18/h2-8,14,20H,9-13,15-17H2,1H3,(H,28,33). The highest BCUT2D eigenvalue weighted by atomic mass is 16.5. The first-order valence-electron chi connectivity index (χ1n) is 12.5. The minimum absolute atomic E-state index is 0.000898. The van der Waals surface area contributed by atoms with Crippen molar-refractivity contribution in [2.75, 3.05) is 49.8 Å². The summed E-state index contributed by atoms with van der Waals surface area (Å²) in [5.74, 6) is -0.162. The lowest BCUT2D eigenvalue weighted by molar-refractivity contribution is -0.120. The smallest absolute Gasteiger partial charge is 0.309 e. The van der Waals surface area contributed by atoms with E-state index >= 15 is 0 Å². The van der Waals surface area contributed by atoms with Gasteiger partial charge in [-0.1, -0.05) is 30.3 Å². The van der Waals surface area contributed by atoms with Crippen molar-refractivity contribution in [2.24, 2.45) is 5.41 Å². The zero-order valence-corrected chi connectivity index (χ0v) is 20.7. The Morgan fingerprint density at radius 1 is 1.11 bits per heavy atom. The van der Waals surface area contributed by atoms with Crippen molar-refractivity contribution < 1.29 is 23.5 Å². The van der Waals surface area contributed by atoms with E-state index in [0.717, 1.165) is 50.4 Å². The Labute approximate surface area is 214 Å². The van der Waals surface area contributed by atoms with Crippen LogP contribution in [-0.4, -0.2) is 68.0 Å². The zero-order chi connectivity index (χ0) is 25.4. The molecule has 1 unspecified atom stereocenters. The van der Waals surface area contributed by atoms with Gasteiger partial charge in [0.05, 0.1) is 12.1 Å². The van der Waals surface area contributed by atoms with E-state index in [1.54, 1.807) is 7.05 Å². The highest BCUT2D eigenvalue weighted by Gasteiger charge is 2.44. The number of hydrogen-bond donors (Lipinski definition) is 1. The summed E-state index contributed by atoms with van der Waals surface area (Å²) in [6, 6.07) is 14.6. The maximum absolute atomic E-state index is 13.3. The Morgan fingerprint density at radius 2 is 1.89 bits per heavy atom. The molecule has 2 aromatic carbocycles. The van der Waals surface area contributed by atoms with E-state index in [1.165, 1.54) is 4.90 Å². The summed E-state index contributed by atoms with van der Waals surface area (Å²) in [5.41, 5.74) is 3.06. The summed E-state index contributed by atoms with van der Waals surface area (Å²) in [6.45, 7) is 3.63. The van der Waals surface area contributed by atoms with Crippen LogP contribution in [0, 0.1) is 5.41 Å². The zero-order valence-electron chi connectivity index (χ0n) is 20.7. The van der Waals surface area contributed by atoms with Crippen LogP contribution in [0.4, 0.5) is 11.4 Å². The number of amides is 2. The Morgan fingerprint density at radius 3 is 2.68 bits per heavy atom. The SMILES string of the molecule is CN1C(=O)C(NC(=O)c2nnc(Cc3ccccc3)o2)COc2ccc(N3CC4(CCOCC4)C3)cc21. The third kappa shape index (κ3) is 4.64. The minimum atomic E-state index is -0.896. The van der Waals surface area contributed by atoms with Crippen LogP contribution in [0.1, 0.15) is 35.0 Å². The normalized spacial score (nSPS) is 20.6. The van der Waals surface area contributed by atoms with Crippen molar-refractivity contribution in [3.8, 4) is 5.75 Å². The molecule has 2 fully saturated rings. The number of aromatic nitrogens is 2. The van der Waals surface area contributed by atoms with Gasteiger partial charge in [0.25, 0.3) is 5.91 Å². The Balaban J connectivity index is 1.11. The molecule has 0 bridgehead atoms. The lowest BCUT2D eigenvalue weighted by Crippen LogP contribution is -2.58. The predicted molar refractivity (Wildman–Crippen MR) is 135 cm³/mol. The van der Waals surface area contributed by atoms with Crippen LogP contribution in [0.25, 0.3) is 0 Å². The molecule has 3 aliphatic rings. The number of hydrogen-bond acceptors (Lipinski definition) is 8. The van der Waals surface area contributed by atoms with Gasteiger partial charge >= 0.3 is 11.8 Å². The molecule has 10 heteroatoms.